The van der Waals surface area contributed by atoms with Gasteiger partial charge in [0.1, 0.15) is 17.4 Å². The number of nitrogens with zero attached hydrogens (tertiary/aromatic N) is 1. The first-order valence-corrected chi connectivity index (χ1v) is 12.5. The number of halogens is 2. The van der Waals surface area contributed by atoms with Gasteiger partial charge in [-0.1, -0.05) is 45.0 Å². The van der Waals surface area contributed by atoms with Crippen molar-refractivity contribution in [3.63, 3.8) is 0 Å². The average molecular weight is 521 g/mol. The molecule has 1 aromatic heterocycles. The quantitative estimate of drug-likeness (QED) is 0.291. The molecular weight excluding hydrogens is 486 g/mol. The number of carbonyl (C=O) groups is 1. The van der Waals surface area contributed by atoms with Crippen LogP contribution in [0.15, 0.2) is 57.9 Å². The molecule has 0 saturated carbocycles. The Morgan fingerprint density at radius 3 is 2.33 bits per heavy atom. The van der Waals surface area contributed by atoms with Gasteiger partial charge in [-0.05, 0) is 43.7 Å². The van der Waals surface area contributed by atoms with E-state index in [4.69, 9.17) is 14.0 Å². The Labute approximate surface area is 215 Å². The molecule has 0 saturated heterocycles. The van der Waals surface area contributed by atoms with Gasteiger partial charge in [0.25, 0.3) is 0 Å². The standard InChI is InChI=1S/C25H28F2N2O4S.C2H6/c1-24(2,15-32-14-16-6-9-18(31-5)10-7-16)21-13-22(33-29-21)28-23(30)25(3,4)34-20-11-8-17(26)12-19(20)27;1-2/h6-13H,14-15H2,1-5H3,(H,28,30);1-2H3. The molecule has 0 aliphatic rings. The Bertz CT molecular complexity index is 1130. The van der Waals surface area contributed by atoms with Gasteiger partial charge in [-0.3, -0.25) is 10.1 Å². The highest BCUT2D eigenvalue weighted by molar-refractivity contribution is 8.01. The third-order valence-corrected chi connectivity index (χ3v) is 6.38. The maximum atomic E-state index is 14.0. The lowest BCUT2D eigenvalue weighted by Gasteiger charge is -2.22. The van der Waals surface area contributed by atoms with Crippen LogP contribution in [0, 0.1) is 11.6 Å². The minimum atomic E-state index is -1.05. The highest BCUT2D eigenvalue weighted by Crippen LogP contribution is 2.35. The first-order valence-electron chi connectivity index (χ1n) is 11.6. The summed E-state index contributed by atoms with van der Waals surface area (Å²) in [6, 6.07) is 12.5. The Kier molecular flexibility index (Phi) is 10.5. The monoisotopic (exact) mass is 520 g/mol. The molecule has 0 atom stereocenters. The number of rotatable bonds is 10. The number of ether oxygens (including phenoxy) is 2. The molecule has 0 aliphatic heterocycles. The number of hydrogen-bond acceptors (Lipinski definition) is 6. The molecule has 6 nitrogen and oxygen atoms in total. The minimum absolute atomic E-state index is 0.176. The average Bonchev–Trinajstić information content (AvgIpc) is 3.32. The van der Waals surface area contributed by atoms with Crippen molar-refractivity contribution in [2.24, 2.45) is 0 Å². The van der Waals surface area contributed by atoms with Crippen LogP contribution in [0.25, 0.3) is 0 Å². The van der Waals surface area contributed by atoms with Crippen molar-refractivity contribution in [2.75, 3.05) is 19.0 Å². The molecule has 1 N–H and O–H groups in total. The summed E-state index contributed by atoms with van der Waals surface area (Å²) < 4.78 is 42.4. The maximum Gasteiger partial charge on any atom is 0.242 e. The molecule has 196 valence electrons. The molecule has 1 heterocycles. The number of methoxy groups -OCH3 is 1. The smallest absolute Gasteiger partial charge is 0.242 e. The molecule has 1 amide bonds. The van der Waals surface area contributed by atoms with Gasteiger partial charge in [-0.2, -0.15) is 0 Å². The highest BCUT2D eigenvalue weighted by atomic mass is 32.2. The number of benzene rings is 2. The van der Waals surface area contributed by atoms with Gasteiger partial charge in [0.15, 0.2) is 0 Å². The SMILES string of the molecule is CC.COc1ccc(COCC(C)(C)c2cc(NC(=O)C(C)(C)Sc3ccc(F)cc3F)on2)cc1. The zero-order valence-corrected chi connectivity index (χ0v) is 22.6. The zero-order valence-electron chi connectivity index (χ0n) is 21.8. The number of thioether (sulfide) groups is 1. The van der Waals surface area contributed by atoms with E-state index >= 15 is 0 Å². The predicted molar refractivity (Wildman–Crippen MR) is 138 cm³/mol. The second kappa shape index (κ2) is 12.9. The van der Waals surface area contributed by atoms with Crippen molar-refractivity contribution in [1.29, 1.82) is 0 Å². The molecule has 9 heteroatoms. The van der Waals surface area contributed by atoms with E-state index in [1.807, 2.05) is 52.0 Å². The van der Waals surface area contributed by atoms with E-state index in [2.05, 4.69) is 10.5 Å². The highest BCUT2D eigenvalue weighted by Gasteiger charge is 2.32. The lowest BCUT2D eigenvalue weighted by atomic mass is 9.90. The van der Waals surface area contributed by atoms with E-state index in [0.717, 1.165) is 35.2 Å². The number of aromatic nitrogens is 1. The van der Waals surface area contributed by atoms with E-state index in [-0.39, 0.29) is 10.8 Å². The summed E-state index contributed by atoms with van der Waals surface area (Å²) in [5.74, 6) is -0.835. The van der Waals surface area contributed by atoms with Crippen molar-refractivity contribution in [1.82, 2.24) is 5.16 Å². The van der Waals surface area contributed by atoms with Crippen LogP contribution in [0.2, 0.25) is 0 Å². The summed E-state index contributed by atoms with van der Waals surface area (Å²) in [6.07, 6.45) is 0. The van der Waals surface area contributed by atoms with E-state index in [0.29, 0.717) is 18.9 Å². The second-order valence-corrected chi connectivity index (χ2v) is 10.6. The lowest BCUT2D eigenvalue weighted by Crippen LogP contribution is -2.34. The number of nitrogens with one attached hydrogen (secondary N) is 1. The first kappa shape index (κ1) is 29.3. The fraction of sp³-hybridized carbons (Fsp3) is 0.407. The van der Waals surface area contributed by atoms with E-state index in [9.17, 15) is 13.6 Å². The van der Waals surface area contributed by atoms with Crippen LogP contribution in [0.4, 0.5) is 14.7 Å². The van der Waals surface area contributed by atoms with Gasteiger partial charge < -0.3 is 14.0 Å². The van der Waals surface area contributed by atoms with E-state index in [1.54, 1.807) is 27.0 Å². The number of carbonyl (C=O) groups excluding carboxylic acids is 1. The van der Waals surface area contributed by atoms with Crippen LogP contribution in [0.3, 0.4) is 0 Å². The topological polar surface area (TPSA) is 73.6 Å². The molecule has 3 rings (SSSR count). The number of hydrogen-bond donors (Lipinski definition) is 1. The first-order chi connectivity index (χ1) is 17.0. The lowest BCUT2D eigenvalue weighted by molar-refractivity contribution is -0.117. The largest absolute Gasteiger partial charge is 0.497 e. The number of amides is 1. The molecule has 0 spiro atoms. The van der Waals surface area contributed by atoms with Crippen molar-refractivity contribution in [3.8, 4) is 5.75 Å². The Morgan fingerprint density at radius 1 is 1.06 bits per heavy atom. The third-order valence-electron chi connectivity index (χ3n) is 5.14. The molecule has 0 radical (unpaired) electrons. The van der Waals surface area contributed by atoms with Gasteiger partial charge in [0, 0.05) is 22.4 Å². The van der Waals surface area contributed by atoms with Crippen molar-refractivity contribution in [3.05, 3.63) is 71.4 Å². The molecule has 0 bridgehead atoms. The fourth-order valence-corrected chi connectivity index (χ4v) is 4.00. The second-order valence-electron chi connectivity index (χ2n) is 8.94. The fourth-order valence-electron chi connectivity index (χ4n) is 3.01. The normalized spacial score (nSPS) is 11.5. The summed E-state index contributed by atoms with van der Waals surface area (Å²) in [6.45, 7) is 12.0. The minimum Gasteiger partial charge on any atom is -0.497 e. The molecule has 36 heavy (non-hydrogen) atoms. The summed E-state index contributed by atoms with van der Waals surface area (Å²) >= 11 is 0.989. The van der Waals surface area contributed by atoms with E-state index < -0.39 is 27.7 Å². The summed E-state index contributed by atoms with van der Waals surface area (Å²) in [4.78, 5) is 13.0. The van der Waals surface area contributed by atoms with Crippen LogP contribution < -0.4 is 10.1 Å². The van der Waals surface area contributed by atoms with Crippen LogP contribution in [0.1, 0.15) is 52.8 Å². The molecule has 0 unspecified atom stereocenters. The zero-order chi connectivity index (χ0) is 26.9. The van der Waals surface area contributed by atoms with Crippen molar-refractivity contribution in [2.45, 2.75) is 63.2 Å². The Hall–Kier alpha value is -2.91. The molecule has 2 aromatic carbocycles. The van der Waals surface area contributed by atoms with Crippen molar-refractivity contribution < 1.29 is 27.6 Å². The van der Waals surface area contributed by atoms with Crippen LogP contribution in [-0.4, -0.2) is 29.5 Å². The van der Waals surface area contributed by atoms with Gasteiger partial charge >= 0.3 is 0 Å². The summed E-state index contributed by atoms with van der Waals surface area (Å²) in [5.41, 5.74) is 1.16. The van der Waals surface area contributed by atoms with Crippen LogP contribution in [0.5, 0.6) is 5.75 Å². The third kappa shape index (κ3) is 8.06. The van der Waals surface area contributed by atoms with Crippen molar-refractivity contribution >= 4 is 23.6 Å². The van der Waals surface area contributed by atoms with Crippen LogP contribution >= 0.6 is 11.8 Å². The van der Waals surface area contributed by atoms with Gasteiger partial charge in [0.2, 0.25) is 11.8 Å². The summed E-state index contributed by atoms with van der Waals surface area (Å²) in [7, 11) is 1.62. The van der Waals surface area contributed by atoms with E-state index in [1.165, 1.54) is 6.07 Å². The Morgan fingerprint density at radius 2 is 1.72 bits per heavy atom. The molecular formula is C27H34F2N2O4S. The number of anilines is 1. The predicted octanol–water partition coefficient (Wildman–Crippen LogP) is 6.99. The van der Waals surface area contributed by atoms with Gasteiger partial charge in [-0.15, -0.1) is 11.8 Å². The molecule has 0 fully saturated rings. The molecule has 0 aliphatic carbocycles. The van der Waals surface area contributed by atoms with Crippen LogP contribution in [-0.2, 0) is 21.6 Å². The van der Waals surface area contributed by atoms with Gasteiger partial charge in [0.05, 0.1) is 30.8 Å². The molecule has 3 aromatic rings. The summed E-state index contributed by atoms with van der Waals surface area (Å²) in [5, 5.41) is 6.76. The maximum absolute atomic E-state index is 14.0. The Balaban J connectivity index is 0.00000222. The van der Waals surface area contributed by atoms with Gasteiger partial charge in [-0.25, -0.2) is 8.78 Å².